The Morgan fingerprint density at radius 1 is 1.44 bits per heavy atom. The van der Waals surface area contributed by atoms with Crippen molar-refractivity contribution in [3.8, 4) is 11.5 Å². The summed E-state index contributed by atoms with van der Waals surface area (Å²) in [7, 11) is 3.28. The number of methoxy groups -OCH3 is 2. The monoisotopic (exact) mass is 252 g/mol. The van der Waals surface area contributed by atoms with E-state index in [1.54, 1.807) is 14.2 Å². The number of aliphatic hydroxyl groups excluding tert-OH is 1. The van der Waals surface area contributed by atoms with Crippen LogP contribution in [-0.2, 0) is 4.74 Å². The van der Waals surface area contributed by atoms with E-state index in [4.69, 9.17) is 14.2 Å². The summed E-state index contributed by atoms with van der Waals surface area (Å²) in [6.07, 6.45) is 0.828. The molecule has 2 rings (SSSR count). The number of aliphatic hydroxyl groups is 1. The van der Waals surface area contributed by atoms with Crippen LogP contribution >= 0.6 is 0 Å². The lowest BCUT2D eigenvalue weighted by molar-refractivity contribution is -0.0203. The zero-order chi connectivity index (χ0) is 13.2. The van der Waals surface area contributed by atoms with Crippen LogP contribution in [0.1, 0.15) is 31.4 Å². The summed E-state index contributed by atoms with van der Waals surface area (Å²) in [5, 5.41) is 10.2. The summed E-state index contributed by atoms with van der Waals surface area (Å²) < 4.78 is 16.3. The van der Waals surface area contributed by atoms with E-state index in [1.807, 2.05) is 25.1 Å². The summed E-state index contributed by atoms with van der Waals surface area (Å²) in [6, 6.07) is 5.51. The molecule has 0 aliphatic carbocycles. The average Bonchev–Trinajstić information content (AvgIpc) is 2.35. The van der Waals surface area contributed by atoms with Gasteiger partial charge in [-0.05, 0) is 19.1 Å². The fourth-order valence-corrected chi connectivity index (χ4v) is 2.30. The fourth-order valence-electron chi connectivity index (χ4n) is 2.30. The first-order valence-electron chi connectivity index (χ1n) is 6.12. The molecule has 1 N–H and O–H groups in total. The molecule has 0 aromatic heterocycles. The van der Waals surface area contributed by atoms with Crippen LogP contribution in [0.4, 0.5) is 0 Å². The Labute approximate surface area is 107 Å². The molecule has 1 aromatic rings. The second-order valence-corrected chi connectivity index (χ2v) is 4.92. The highest BCUT2D eigenvalue weighted by Gasteiger charge is 2.36. The number of ether oxygens (including phenoxy) is 3. The molecule has 1 heterocycles. The molecule has 0 radical (unpaired) electrons. The van der Waals surface area contributed by atoms with Crippen LogP contribution in [0.15, 0.2) is 18.2 Å². The van der Waals surface area contributed by atoms with Crippen molar-refractivity contribution in [2.45, 2.75) is 31.5 Å². The molecule has 18 heavy (non-hydrogen) atoms. The lowest BCUT2D eigenvalue weighted by atomic mass is 9.88. The molecule has 100 valence electrons. The third-order valence-electron chi connectivity index (χ3n) is 3.40. The maximum absolute atomic E-state index is 10.2. The highest BCUT2D eigenvalue weighted by molar-refractivity contribution is 5.43. The predicted molar refractivity (Wildman–Crippen MR) is 68.1 cm³/mol. The molecule has 0 bridgehead atoms. The smallest absolute Gasteiger partial charge is 0.129 e. The van der Waals surface area contributed by atoms with Crippen LogP contribution in [0.5, 0.6) is 11.5 Å². The Hall–Kier alpha value is -1.26. The summed E-state index contributed by atoms with van der Waals surface area (Å²) in [6.45, 7) is 2.61. The molecule has 0 spiro atoms. The Morgan fingerprint density at radius 2 is 2.22 bits per heavy atom. The number of hydrogen-bond acceptors (Lipinski definition) is 4. The third kappa shape index (κ3) is 2.60. The SMILES string of the molecule is COCCC1(C)C[C@H](O)c2ccc(OC)cc2O1. The first-order valence-corrected chi connectivity index (χ1v) is 6.12. The van der Waals surface area contributed by atoms with Crippen molar-refractivity contribution in [1.82, 2.24) is 0 Å². The number of hydrogen-bond donors (Lipinski definition) is 1. The lowest BCUT2D eigenvalue weighted by Crippen LogP contribution is -2.39. The quantitative estimate of drug-likeness (QED) is 0.893. The molecule has 1 aromatic carbocycles. The van der Waals surface area contributed by atoms with Crippen molar-refractivity contribution in [3.05, 3.63) is 23.8 Å². The minimum atomic E-state index is -0.499. The molecule has 4 heteroatoms. The van der Waals surface area contributed by atoms with Crippen molar-refractivity contribution in [1.29, 1.82) is 0 Å². The van der Waals surface area contributed by atoms with Gasteiger partial charge in [-0.25, -0.2) is 0 Å². The van der Waals surface area contributed by atoms with E-state index in [1.165, 1.54) is 0 Å². The summed E-state index contributed by atoms with van der Waals surface area (Å²) in [5.74, 6) is 1.43. The molecular formula is C14H20O4. The second kappa shape index (κ2) is 5.16. The van der Waals surface area contributed by atoms with Crippen molar-refractivity contribution in [2.75, 3.05) is 20.8 Å². The molecule has 0 saturated carbocycles. The van der Waals surface area contributed by atoms with E-state index in [0.717, 1.165) is 17.7 Å². The van der Waals surface area contributed by atoms with Crippen molar-refractivity contribution >= 4 is 0 Å². The number of benzene rings is 1. The standard InChI is InChI=1S/C14H20O4/c1-14(6-7-16-2)9-12(15)11-5-4-10(17-3)8-13(11)18-14/h4-5,8,12,15H,6-7,9H2,1-3H3/t12-,14?/m0/s1. The Bertz CT molecular complexity index is 418. The van der Waals surface area contributed by atoms with Gasteiger partial charge in [-0.1, -0.05) is 0 Å². The van der Waals surface area contributed by atoms with Crippen LogP contribution in [0, 0.1) is 0 Å². The zero-order valence-corrected chi connectivity index (χ0v) is 11.1. The Balaban J connectivity index is 2.25. The topological polar surface area (TPSA) is 47.9 Å². The van der Waals surface area contributed by atoms with Crippen LogP contribution < -0.4 is 9.47 Å². The lowest BCUT2D eigenvalue weighted by Gasteiger charge is -2.38. The average molecular weight is 252 g/mol. The highest BCUT2D eigenvalue weighted by Crippen LogP contribution is 2.42. The molecule has 0 fully saturated rings. The van der Waals surface area contributed by atoms with Gasteiger partial charge in [0.1, 0.15) is 17.1 Å². The summed E-state index contributed by atoms with van der Waals surface area (Å²) in [4.78, 5) is 0. The van der Waals surface area contributed by atoms with Crippen LogP contribution in [0.25, 0.3) is 0 Å². The first-order chi connectivity index (χ1) is 8.58. The molecule has 0 saturated heterocycles. The molecule has 1 aliphatic rings. The van der Waals surface area contributed by atoms with E-state index in [9.17, 15) is 5.11 Å². The number of rotatable bonds is 4. The highest BCUT2D eigenvalue weighted by atomic mass is 16.5. The largest absolute Gasteiger partial charge is 0.497 e. The van der Waals surface area contributed by atoms with Crippen LogP contribution in [-0.4, -0.2) is 31.5 Å². The third-order valence-corrected chi connectivity index (χ3v) is 3.40. The summed E-state index contributed by atoms with van der Waals surface area (Å²) in [5.41, 5.74) is 0.431. The Morgan fingerprint density at radius 3 is 2.89 bits per heavy atom. The van der Waals surface area contributed by atoms with Gasteiger partial charge in [0.05, 0.1) is 13.2 Å². The molecule has 0 amide bonds. The van der Waals surface area contributed by atoms with Gasteiger partial charge >= 0.3 is 0 Å². The van der Waals surface area contributed by atoms with Gasteiger partial charge in [-0.15, -0.1) is 0 Å². The fraction of sp³-hybridized carbons (Fsp3) is 0.571. The molecule has 2 atom stereocenters. The van der Waals surface area contributed by atoms with Gasteiger partial charge in [-0.2, -0.15) is 0 Å². The molecule has 1 aliphatic heterocycles. The minimum Gasteiger partial charge on any atom is -0.497 e. The minimum absolute atomic E-state index is 0.394. The molecule has 1 unspecified atom stereocenters. The van der Waals surface area contributed by atoms with E-state index in [-0.39, 0.29) is 0 Å². The van der Waals surface area contributed by atoms with E-state index in [0.29, 0.717) is 18.8 Å². The van der Waals surface area contributed by atoms with Gasteiger partial charge in [0, 0.05) is 38.2 Å². The van der Waals surface area contributed by atoms with Crippen molar-refractivity contribution < 1.29 is 19.3 Å². The van der Waals surface area contributed by atoms with Crippen molar-refractivity contribution in [3.63, 3.8) is 0 Å². The van der Waals surface area contributed by atoms with Crippen LogP contribution in [0.2, 0.25) is 0 Å². The van der Waals surface area contributed by atoms with Gasteiger partial charge in [0.15, 0.2) is 0 Å². The molecular weight excluding hydrogens is 232 g/mol. The zero-order valence-electron chi connectivity index (χ0n) is 11.1. The van der Waals surface area contributed by atoms with Gasteiger partial charge in [0.2, 0.25) is 0 Å². The van der Waals surface area contributed by atoms with Gasteiger partial charge in [-0.3, -0.25) is 0 Å². The van der Waals surface area contributed by atoms with Gasteiger partial charge in [0.25, 0.3) is 0 Å². The first kappa shape index (κ1) is 13.2. The predicted octanol–water partition coefficient (Wildman–Crippen LogP) is 2.31. The molecule has 4 nitrogen and oxygen atoms in total. The van der Waals surface area contributed by atoms with Crippen molar-refractivity contribution in [2.24, 2.45) is 0 Å². The van der Waals surface area contributed by atoms with E-state index in [2.05, 4.69) is 0 Å². The maximum atomic E-state index is 10.2. The summed E-state index contributed by atoms with van der Waals surface area (Å²) >= 11 is 0. The van der Waals surface area contributed by atoms with Gasteiger partial charge < -0.3 is 19.3 Å². The van der Waals surface area contributed by atoms with Crippen LogP contribution in [0.3, 0.4) is 0 Å². The Kier molecular flexibility index (Phi) is 3.78. The second-order valence-electron chi connectivity index (χ2n) is 4.92. The van der Waals surface area contributed by atoms with E-state index < -0.39 is 11.7 Å². The maximum Gasteiger partial charge on any atom is 0.129 e. The number of fused-ring (bicyclic) bond motifs is 1. The normalized spacial score (nSPS) is 26.3. The van der Waals surface area contributed by atoms with E-state index >= 15 is 0 Å².